The molecule has 0 aliphatic heterocycles. The molecule has 0 saturated carbocycles. The molecular weight excluding hydrogens is 356 g/mol. The number of aryl methyl sites for hydroxylation is 1. The van der Waals surface area contributed by atoms with Gasteiger partial charge in [0, 0.05) is 15.5 Å². The minimum atomic E-state index is -0.311. The molecule has 25 heavy (non-hydrogen) atoms. The molecular formula is C19H15ClN2O2S. The molecule has 0 bridgehead atoms. The van der Waals surface area contributed by atoms with Gasteiger partial charge in [0.25, 0.3) is 5.91 Å². The van der Waals surface area contributed by atoms with Crippen molar-refractivity contribution in [3.63, 3.8) is 0 Å². The van der Waals surface area contributed by atoms with Crippen molar-refractivity contribution in [3.05, 3.63) is 82.6 Å². The summed E-state index contributed by atoms with van der Waals surface area (Å²) in [5.74, 6) is 0.250. The molecule has 0 spiro atoms. The minimum Gasteiger partial charge on any atom is -0.448 e. The van der Waals surface area contributed by atoms with Crippen molar-refractivity contribution in [3.8, 4) is 0 Å². The van der Waals surface area contributed by atoms with Crippen molar-refractivity contribution in [1.29, 1.82) is 0 Å². The molecule has 0 saturated heterocycles. The Labute approximate surface area is 154 Å². The molecule has 126 valence electrons. The Hall–Kier alpha value is -2.50. The molecule has 1 N–H and O–H groups in total. The van der Waals surface area contributed by atoms with Crippen molar-refractivity contribution >= 4 is 35.5 Å². The molecule has 1 heterocycles. The normalized spacial score (nSPS) is 11.0. The second kappa shape index (κ2) is 8.05. The summed E-state index contributed by atoms with van der Waals surface area (Å²) in [6.07, 6.45) is 1.47. The average Bonchev–Trinajstić information content (AvgIpc) is 3.05. The highest BCUT2D eigenvalue weighted by molar-refractivity contribution is 7.99. The lowest BCUT2D eigenvalue weighted by atomic mass is 10.2. The summed E-state index contributed by atoms with van der Waals surface area (Å²) < 4.78 is 5.67. The molecule has 0 unspecified atom stereocenters. The molecule has 1 aromatic heterocycles. The zero-order chi connectivity index (χ0) is 17.6. The van der Waals surface area contributed by atoms with E-state index in [-0.39, 0.29) is 5.91 Å². The van der Waals surface area contributed by atoms with Gasteiger partial charge in [0.2, 0.25) is 0 Å². The van der Waals surface area contributed by atoms with Gasteiger partial charge in [-0.25, -0.2) is 5.43 Å². The molecule has 2 aromatic carbocycles. The smallest absolute Gasteiger partial charge is 0.271 e. The third-order valence-electron chi connectivity index (χ3n) is 3.31. The number of hydrazone groups is 1. The maximum absolute atomic E-state index is 11.9. The Morgan fingerprint density at radius 1 is 1.08 bits per heavy atom. The van der Waals surface area contributed by atoms with Crippen molar-refractivity contribution in [2.45, 2.75) is 16.9 Å². The monoisotopic (exact) mass is 370 g/mol. The Morgan fingerprint density at radius 3 is 2.52 bits per heavy atom. The zero-order valence-corrected chi connectivity index (χ0v) is 15.0. The van der Waals surface area contributed by atoms with Gasteiger partial charge >= 0.3 is 0 Å². The van der Waals surface area contributed by atoms with Crippen LogP contribution >= 0.6 is 23.4 Å². The van der Waals surface area contributed by atoms with Gasteiger partial charge in [-0.05, 0) is 55.5 Å². The van der Waals surface area contributed by atoms with E-state index in [9.17, 15) is 4.79 Å². The van der Waals surface area contributed by atoms with Crippen LogP contribution in [0.25, 0.3) is 0 Å². The molecule has 0 fully saturated rings. The first-order chi connectivity index (χ1) is 12.1. The number of amides is 1. The summed E-state index contributed by atoms with van der Waals surface area (Å²) in [7, 11) is 0. The van der Waals surface area contributed by atoms with Crippen LogP contribution in [0.5, 0.6) is 0 Å². The Morgan fingerprint density at radius 2 is 1.80 bits per heavy atom. The van der Waals surface area contributed by atoms with Crippen LogP contribution in [0.4, 0.5) is 0 Å². The van der Waals surface area contributed by atoms with Crippen LogP contribution in [0.15, 0.2) is 80.2 Å². The second-order valence-corrected chi connectivity index (χ2v) is 6.79. The highest BCUT2D eigenvalue weighted by Gasteiger charge is 2.05. The maximum atomic E-state index is 11.9. The first-order valence-electron chi connectivity index (χ1n) is 7.53. The SMILES string of the molecule is Cc1ccc(Sc2ccc(/C=N\NC(=O)c3ccc(Cl)cc3)o2)cc1. The van der Waals surface area contributed by atoms with E-state index in [0.29, 0.717) is 16.3 Å². The Balaban J connectivity index is 1.57. The van der Waals surface area contributed by atoms with Crippen LogP contribution in [0.1, 0.15) is 21.7 Å². The minimum absolute atomic E-state index is 0.311. The number of nitrogens with zero attached hydrogens (tertiary/aromatic N) is 1. The topological polar surface area (TPSA) is 54.6 Å². The molecule has 0 aliphatic rings. The number of nitrogens with one attached hydrogen (secondary N) is 1. The van der Waals surface area contributed by atoms with Crippen molar-refractivity contribution in [2.24, 2.45) is 5.10 Å². The van der Waals surface area contributed by atoms with Gasteiger partial charge in [-0.3, -0.25) is 4.79 Å². The van der Waals surface area contributed by atoms with E-state index in [2.05, 4.69) is 22.7 Å². The van der Waals surface area contributed by atoms with Crippen LogP contribution in [0.3, 0.4) is 0 Å². The second-order valence-electron chi connectivity index (χ2n) is 5.28. The van der Waals surface area contributed by atoms with Crippen LogP contribution in [0, 0.1) is 6.92 Å². The fraction of sp³-hybridized carbons (Fsp3) is 0.0526. The maximum Gasteiger partial charge on any atom is 0.271 e. The molecule has 0 radical (unpaired) electrons. The van der Waals surface area contributed by atoms with Gasteiger partial charge in [0.15, 0.2) is 5.09 Å². The largest absolute Gasteiger partial charge is 0.448 e. The van der Waals surface area contributed by atoms with E-state index >= 15 is 0 Å². The third kappa shape index (κ3) is 4.98. The summed E-state index contributed by atoms with van der Waals surface area (Å²) in [6.45, 7) is 2.05. The standard InChI is InChI=1S/C19H15ClN2O2S/c1-13-2-9-17(10-3-13)25-18-11-8-16(24-18)12-21-22-19(23)14-4-6-15(20)7-5-14/h2-12H,1H3,(H,22,23)/b21-12-. The van der Waals surface area contributed by atoms with Crippen LogP contribution in [-0.2, 0) is 0 Å². The average molecular weight is 371 g/mol. The molecule has 0 atom stereocenters. The van der Waals surface area contributed by atoms with Gasteiger partial charge in [-0.15, -0.1) is 0 Å². The van der Waals surface area contributed by atoms with E-state index in [1.165, 1.54) is 23.5 Å². The summed E-state index contributed by atoms with van der Waals surface area (Å²) in [5, 5.41) is 5.25. The molecule has 3 aromatic rings. The summed E-state index contributed by atoms with van der Waals surface area (Å²) in [6, 6.07) is 18.4. The van der Waals surface area contributed by atoms with Crippen LogP contribution < -0.4 is 5.43 Å². The van der Waals surface area contributed by atoms with Crippen molar-refractivity contribution < 1.29 is 9.21 Å². The fourth-order valence-corrected chi connectivity index (χ4v) is 2.91. The lowest BCUT2D eigenvalue weighted by Crippen LogP contribution is -2.17. The zero-order valence-electron chi connectivity index (χ0n) is 13.4. The molecule has 3 rings (SSSR count). The quantitative estimate of drug-likeness (QED) is 0.498. The van der Waals surface area contributed by atoms with E-state index in [1.54, 1.807) is 30.3 Å². The highest BCUT2D eigenvalue weighted by atomic mass is 35.5. The van der Waals surface area contributed by atoms with Crippen LogP contribution in [-0.4, -0.2) is 12.1 Å². The number of halogens is 1. The first-order valence-corrected chi connectivity index (χ1v) is 8.73. The number of benzene rings is 2. The summed E-state index contributed by atoms with van der Waals surface area (Å²) >= 11 is 7.32. The molecule has 0 aliphatic carbocycles. The van der Waals surface area contributed by atoms with E-state index in [1.807, 2.05) is 25.1 Å². The number of hydrogen-bond acceptors (Lipinski definition) is 4. The summed E-state index contributed by atoms with van der Waals surface area (Å²) in [5.41, 5.74) is 4.15. The number of furan rings is 1. The Kier molecular flexibility index (Phi) is 5.58. The lowest BCUT2D eigenvalue weighted by molar-refractivity contribution is 0.0955. The predicted molar refractivity (Wildman–Crippen MR) is 101 cm³/mol. The summed E-state index contributed by atoms with van der Waals surface area (Å²) in [4.78, 5) is 13.0. The highest BCUT2D eigenvalue weighted by Crippen LogP contribution is 2.28. The molecule has 6 heteroatoms. The molecule has 4 nitrogen and oxygen atoms in total. The van der Waals surface area contributed by atoms with E-state index in [4.69, 9.17) is 16.0 Å². The molecule has 1 amide bonds. The number of rotatable bonds is 5. The number of carbonyl (C=O) groups is 1. The van der Waals surface area contributed by atoms with E-state index in [0.717, 1.165) is 9.99 Å². The van der Waals surface area contributed by atoms with Gasteiger partial charge in [-0.1, -0.05) is 41.1 Å². The predicted octanol–water partition coefficient (Wildman–Crippen LogP) is 5.16. The van der Waals surface area contributed by atoms with Gasteiger partial charge < -0.3 is 4.42 Å². The van der Waals surface area contributed by atoms with Gasteiger partial charge in [-0.2, -0.15) is 5.10 Å². The number of carbonyl (C=O) groups excluding carboxylic acids is 1. The van der Waals surface area contributed by atoms with Gasteiger partial charge in [0.1, 0.15) is 5.76 Å². The Bertz CT molecular complexity index is 887. The van der Waals surface area contributed by atoms with Crippen molar-refractivity contribution in [2.75, 3.05) is 0 Å². The number of hydrogen-bond donors (Lipinski definition) is 1. The fourth-order valence-electron chi connectivity index (χ4n) is 2.00. The third-order valence-corrected chi connectivity index (χ3v) is 4.49. The first kappa shape index (κ1) is 17.3. The van der Waals surface area contributed by atoms with Crippen molar-refractivity contribution in [1.82, 2.24) is 5.43 Å². The lowest BCUT2D eigenvalue weighted by Gasteiger charge is -1.99. The van der Waals surface area contributed by atoms with Gasteiger partial charge in [0.05, 0.1) is 6.21 Å². The van der Waals surface area contributed by atoms with E-state index < -0.39 is 0 Å². The van der Waals surface area contributed by atoms with Crippen LogP contribution in [0.2, 0.25) is 5.02 Å².